The van der Waals surface area contributed by atoms with Gasteiger partial charge in [0.05, 0.1) is 6.61 Å². The maximum atomic E-state index is 12.9. The van der Waals surface area contributed by atoms with Gasteiger partial charge in [0.1, 0.15) is 25.0 Å². The van der Waals surface area contributed by atoms with E-state index < -0.39 is 36.8 Å². The zero-order chi connectivity index (χ0) is 29.7. The van der Waals surface area contributed by atoms with E-state index in [1.54, 1.807) is 43.5 Å². The Kier molecular flexibility index (Phi) is 10.5. The first-order chi connectivity index (χ1) is 20.4. The summed E-state index contributed by atoms with van der Waals surface area (Å²) in [7, 11) is 0. The van der Waals surface area contributed by atoms with Crippen LogP contribution in [0, 0.1) is 0 Å². The van der Waals surface area contributed by atoms with E-state index >= 15 is 0 Å². The number of hydrogen-bond acceptors (Lipinski definition) is 9. The van der Waals surface area contributed by atoms with E-state index in [1.807, 2.05) is 48.5 Å². The quantitative estimate of drug-likeness (QED) is 0.138. The van der Waals surface area contributed by atoms with Gasteiger partial charge in [-0.25, -0.2) is 19.2 Å². The van der Waals surface area contributed by atoms with Crippen molar-refractivity contribution in [2.75, 3.05) is 13.2 Å². The van der Waals surface area contributed by atoms with Crippen molar-refractivity contribution in [3.8, 4) is 5.75 Å². The third kappa shape index (κ3) is 8.85. The number of aromatic nitrogens is 1. The van der Waals surface area contributed by atoms with Gasteiger partial charge in [0.25, 0.3) is 0 Å². The van der Waals surface area contributed by atoms with E-state index in [0.717, 1.165) is 11.1 Å². The van der Waals surface area contributed by atoms with Crippen LogP contribution in [0.15, 0.2) is 85.1 Å². The number of aromatic amines is 1. The number of benzene rings is 3. The molecule has 42 heavy (non-hydrogen) atoms. The van der Waals surface area contributed by atoms with Crippen LogP contribution in [0.5, 0.6) is 5.75 Å². The summed E-state index contributed by atoms with van der Waals surface area (Å²) in [6.45, 7) is 1.19. The summed E-state index contributed by atoms with van der Waals surface area (Å²) in [5, 5.41) is 3.15. The smallest absolute Gasteiger partial charge is 0.463 e. The summed E-state index contributed by atoms with van der Waals surface area (Å²) in [6.07, 6.45) is -0.0880. The third-order valence-electron chi connectivity index (χ3n) is 5.99. The number of amides is 1. The molecule has 218 valence electrons. The van der Waals surface area contributed by atoms with E-state index in [4.69, 9.17) is 23.7 Å². The highest BCUT2D eigenvalue weighted by molar-refractivity contribution is 5.88. The fraction of sp³-hybridized carbons (Fsp3) is 0.226. The molecule has 0 bridgehead atoms. The van der Waals surface area contributed by atoms with Crippen molar-refractivity contribution < 1.29 is 42.9 Å². The number of rotatable bonds is 12. The van der Waals surface area contributed by atoms with Gasteiger partial charge in [0.15, 0.2) is 6.61 Å². The number of H-pyrrole nitrogens is 1. The molecule has 0 radical (unpaired) electrons. The Labute approximate surface area is 241 Å². The molecule has 3 aromatic carbocycles. The Morgan fingerprint density at radius 2 is 1.48 bits per heavy atom. The van der Waals surface area contributed by atoms with Crippen LogP contribution < -0.4 is 10.1 Å². The molecule has 0 saturated heterocycles. The van der Waals surface area contributed by atoms with E-state index in [1.165, 1.54) is 0 Å². The Bertz CT molecular complexity index is 1500. The normalized spacial score (nSPS) is 11.3. The number of carbonyl (C=O) groups excluding carboxylic acids is 4. The first-order valence-corrected chi connectivity index (χ1v) is 13.2. The van der Waals surface area contributed by atoms with Gasteiger partial charge in [0, 0.05) is 23.5 Å². The molecule has 11 nitrogen and oxygen atoms in total. The van der Waals surface area contributed by atoms with Crippen LogP contribution in [0.3, 0.4) is 0 Å². The Morgan fingerprint density at radius 3 is 2.14 bits per heavy atom. The number of ether oxygens (including phenoxy) is 5. The summed E-state index contributed by atoms with van der Waals surface area (Å²) in [5.41, 5.74) is 2.88. The van der Waals surface area contributed by atoms with Crippen LogP contribution in [0.1, 0.15) is 23.6 Å². The number of fused-ring (bicyclic) bond motifs is 1. The predicted molar refractivity (Wildman–Crippen MR) is 150 cm³/mol. The van der Waals surface area contributed by atoms with Crippen molar-refractivity contribution in [2.45, 2.75) is 32.6 Å². The topological polar surface area (TPSA) is 142 Å². The van der Waals surface area contributed by atoms with Crippen LogP contribution in [-0.2, 0) is 48.2 Å². The number of nitrogens with one attached hydrogen (secondary N) is 2. The molecule has 0 spiro atoms. The van der Waals surface area contributed by atoms with Crippen molar-refractivity contribution >= 4 is 35.1 Å². The fourth-order valence-electron chi connectivity index (χ4n) is 3.99. The van der Waals surface area contributed by atoms with E-state index in [0.29, 0.717) is 16.5 Å². The second-order valence-corrected chi connectivity index (χ2v) is 9.02. The second-order valence-electron chi connectivity index (χ2n) is 9.02. The highest BCUT2D eigenvalue weighted by Gasteiger charge is 2.26. The standard InChI is InChI=1S/C31H30N2O9/c1-2-38-28(34)20-39-29(35)27(33-30(36)40-18-21-9-5-3-6-10-21)15-23-17-32-26-14-13-24(16-25(23)26)42-31(37)41-19-22-11-7-4-8-12-22/h3-14,16-17,27,32H,2,15,18-20H2,1H3,(H,33,36)/t27-/m0/s1. The van der Waals surface area contributed by atoms with Crippen LogP contribution in [0.4, 0.5) is 9.59 Å². The molecule has 0 aliphatic heterocycles. The lowest BCUT2D eigenvalue weighted by Crippen LogP contribution is -2.44. The van der Waals surface area contributed by atoms with Crippen molar-refractivity contribution in [2.24, 2.45) is 0 Å². The summed E-state index contributed by atoms with van der Waals surface area (Å²) in [4.78, 5) is 52.6. The highest BCUT2D eigenvalue weighted by atomic mass is 16.7. The van der Waals surface area contributed by atoms with E-state index in [2.05, 4.69) is 10.3 Å². The lowest BCUT2D eigenvalue weighted by molar-refractivity contribution is -0.159. The lowest BCUT2D eigenvalue weighted by atomic mass is 10.0. The summed E-state index contributed by atoms with van der Waals surface area (Å²) < 4.78 is 25.7. The van der Waals surface area contributed by atoms with Crippen LogP contribution >= 0.6 is 0 Å². The largest absolute Gasteiger partial charge is 0.514 e. The van der Waals surface area contributed by atoms with Crippen molar-refractivity contribution in [1.29, 1.82) is 0 Å². The number of carbonyl (C=O) groups is 4. The average molecular weight is 575 g/mol. The number of esters is 2. The monoisotopic (exact) mass is 574 g/mol. The molecule has 1 aromatic heterocycles. The first kappa shape index (κ1) is 29.7. The second kappa shape index (κ2) is 14.9. The number of hydrogen-bond donors (Lipinski definition) is 2. The molecule has 4 rings (SSSR count). The van der Waals surface area contributed by atoms with Gasteiger partial charge < -0.3 is 34.0 Å². The van der Waals surface area contributed by atoms with Crippen LogP contribution in [-0.4, -0.2) is 48.4 Å². The molecule has 1 amide bonds. The lowest BCUT2D eigenvalue weighted by Gasteiger charge is -2.17. The SMILES string of the molecule is CCOC(=O)COC(=O)[C@H](Cc1c[nH]c2ccc(OC(=O)OCc3ccccc3)cc12)NC(=O)OCc1ccccc1. The highest BCUT2D eigenvalue weighted by Crippen LogP contribution is 2.25. The Balaban J connectivity index is 1.44. The summed E-state index contributed by atoms with van der Waals surface area (Å²) in [6, 6.07) is 21.9. The van der Waals surface area contributed by atoms with Gasteiger partial charge >= 0.3 is 24.2 Å². The molecule has 1 heterocycles. The molecule has 0 unspecified atom stereocenters. The zero-order valence-electron chi connectivity index (χ0n) is 22.9. The van der Waals surface area contributed by atoms with E-state index in [-0.39, 0.29) is 32.0 Å². The maximum absolute atomic E-state index is 12.9. The molecule has 2 N–H and O–H groups in total. The van der Waals surface area contributed by atoms with Gasteiger partial charge in [-0.05, 0) is 41.8 Å². The molecule has 11 heteroatoms. The number of alkyl carbamates (subject to hydrolysis) is 1. The van der Waals surface area contributed by atoms with Crippen LogP contribution in [0.2, 0.25) is 0 Å². The van der Waals surface area contributed by atoms with Crippen molar-refractivity contribution in [1.82, 2.24) is 10.3 Å². The Morgan fingerprint density at radius 1 is 0.810 bits per heavy atom. The minimum Gasteiger partial charge on any atom is -0.463 e. The van der Waals surface area contributed by atoms with Gasteiger partial charge in [-0.15, -0.1) is 0 Å². The Hall–Kier alpha value is -5.32. The first-order valence-electron chi connectivity index (χ1n) is 13.2. The molecule has 1 atom stereocenters. The molecule has 0 saturated carbocycles. The molecular formula is C31H30N2O9. The maximum Gasteiger partial charge on any atom is 0.514 e. The third-order valence-corrected chi connectivity index (χ3v) is 5.99. The van der Waals surface area contributed by atoms with Crippen molar-refractivity contribution in [3.05, 3.63) is 102 Å². The predicted octanol–water partition coefficient (Wildman–Crippen LogP) is 4.83. The van der Waals surface area contributed by atoms with Crippen molar-refractivity contribution in [3.63, 3.8) is 0 Å². The molecular weight excluding hydrogens is 544 g/mol. The molecule has 4 aromatic rings. The zero-order valence-corrected chi connectivity index (χ0v) is 22.9. The van der Waals surface area contributed by atoms with Gasteiger partial charge in [-0.2, -0.15) is 0 Å². The molecule has 0 aliphatic carbocycles. The summed E-state index contributed by atoms with van der Waals surface area (Å²) >= 11 is 0. The summed E-state index contributed by atoms with van der Waals surface area (Å²) in [5.74, 6) is -1.35. The van der Waals surface area contributed by atoms with E-state index in [9.17, 15) is 19.2 Å². The van der Waals surface area contributed by atoms with Gasteiger partial charge in [0.2, 0.25) is 0 Å². The molecule has 0 aliphatic rings. The minimum absolute atomic E-state index is 0.00851. The minimum atomic E-state index is -1.21. The van der Waals surface area contributed by atoms with Crippen LogP contribution in [0.25, 0.3) is 10.9 Å². The van der Waals surface area contributed by atoms with Gasteiger partial charge in [-0.3, -0.25) is 0 Å². The fourth-order valence-corrected chi connectivity index (χ4v) is 3.99. The van der Waals surface area contributed by atoms with Gasteiger partial charge in [-0.1, -0.05) is 60.7 Å². The average Bonchev–Trinajstić information content (AvgIpc) is 3.40. The molecule has 0 fully saturated rings.